The second-order valence-corrected chi connectivity index (χ2v) is 4.97. The summed E-state index contributed by atoms with van der Waals surface area (Å²) in [4.78, 5) is 25.9. The maximum Gasteiger partial charge on any atom is 0.310 e. The van der Waals surface area contributed by atoms with E-state index >= 15 is 0 Å². The van der Waals surface area contributed by atoms with E-state index in [-0.39, 0.29) is 12.1 Å². The van der Waals surface area contributed by atoms with Gasteiger partial charge in [-0.25, -0.2) is 4.98 Å². The van der Waals surface area contributed by atoms with E-state index in [2.05, 4.69) is 10.3 Å². The maximum atomic E-state index is 11.8. The van der Waals surface area contributed by atoms with Crippen molar-refractivity contribution in [1.82, 2.24) is 10.3 Å². The molecule has 1 amide bonds. The van der Waals surface area contributed by atoms with Crippen LogP contribution in [0, 0.1) is 17.0 Å². The van der Waals surface area contributed by atoms with Crippen molar-refractivity contribution in [1.29, 1.82) is 0 Å². The van der Waals surface area contributed by atoms with Gasteiger partial charge in [0.25, 0.3) is 5.91 Å². The molecule has 0 aliphatic heterocycles. The average molecular weight is 293 g/mol. The molecule has 0 atom stereocenters. The number of nitro benzene ring substituents is 1. The number of thiazole rings is 1. The summed E-state index contributed by atoms with van der Waals surface area (Å²) in [5.74, 6) is -0.962. The number of carbonyl (C=O) groups is 1. The van der Waals surface area contributed by atoms with Gasteiger partial charge in [-0.3, -0.25) is 14.9 Å². The molecule has 0 fully saturated rings. The summed E-state index contributed by atoms with van der Waals surface area (Å²) < 4.78 is 0. The fourth-order valence-electron chi connectivity index (χ4n) is 1.56. The van der Waals surface area contributed by atoms with E-state index in [1.165, 1.54) is 17.4 Å². The monoisotopic (exact) mass is 293 g/mol. The molecule has 1 aromatic heterocycles. The third kappa shape index (κ3) is 3.09. The van der Waals surface area contributed by atoms with Crippen molar-refractivity contribution in [3.8, 4) is 5.75 Å². The molecule has 7 nitrogen and oxygen atoms in total. The minimum absolute atomic E-state index is 0.154. The number of nitrogens with zero attached hydrogens (tertiary/aromatic N) is 2. The van der Waals surface area contributed by atoms with Gasteiger partial charge >= 0.3 is 5.69 Å². The Bertz CT molecular complexity index is 668. The molecule has 0 aliphatic rings. The van der Waals surface area contributed by atoms with Crippen LogP contribution in [0.4, 0.5) is 5.69 Å². The number of aromatic hydroxyl groups is 1. The number of phenolic OH excluding ortho intramolecular Hbond substituents is 1. The second-order valence-electron chi connectivity index (χ2n) is 4.03. The summed E-state index contributed by atoms with van der Waals surface area (Å²) in [6.45, 7) is 2.13. The van der Waals surface area contributed by atoms with Crippen molar-refractivity contribution < 1.29 is 14.8 Å². The van der Waals surface area contributed by atoms with Crippen LogP contribution in [0.5, 0.6) is 5.75 Å². The molecule has 0 radical (unpaired) electrons. The Labute approximate surface area is 118 Å². The zero-order valence-electron chi connectivity index (χ0n) is 10.5. The Morgan fingerprint density at radius 2 is 2.30 bits per heavy atom. The van der Waals surface area contributed by atoms with Gasteiger partial charge in [0.1, 0.15) is 5.01 Å². The predicted octanol–water partition coefficient (Wildman–Crippen LogP) is 2.00. The molecule has 8 heteroatoms. The van der Waals surface area contributed by atoms with Crippen molar-refractivity contribution in [2.75, 3.05) is 0 Å². The third-order valence-electron chi connectivity index (χ3n) is 2.50. The van der Waals surface area contributed by atoms with Crippen LogP contribution in [0.1, 0.15) is 21.1 Å². The van der Waals surface area contributed by atoms with E-state index in [1.807, 2.05) is 12.3 Å². The van der Waals surface area contributed by atoms with Gasteiger partial charge in [0.2, 0.25) is 0 Å². The number of hydrogen-bond donors (Lipinski definition) is 2. The lowest BCUT2D eigenvalue weighted by atomic mass is 10.2. The highest BCUT2D eigenvalue weighted by atomic mass is 32.1. The van der Waals surface area contributed by atoms with Crippen LogP contribution in [0.15, 0.2) is 23.6 Å². The van der Waals surface area contributed by atoms with Crippen molar-refractivity contribution in [3.63, 3.8) is 0 Å². The van der Waals surface area contributed by atoms with E-state index < -0.39 is 22.3 Å². The maximum absolute atomic E-state index is 11.8. The van der Waals surface area contributed by atoms with Crippen molar-refractivity contribution in [2.45, 2.75) is 13.5 Å². The first-order valence-electron chi connectivity index (χ1n) is 5.64. The molecule has 2 rings (SSSR count). The van der Waals surface area contributed by atoms with E-state index in [1.54, 1.807) is 0 Å². The first-order chi connectivity index (χ1) is 9.47. The first-order valence-corrected chi connectivity index (χ1v) is 6.52. The lowest BCUT2D eigenvalue weighted by molar-refractivity contribution is -0.385. The zero-order chi connectivity index (χ0) is 14.7. The molecular weight excluding hydrogens is 282 g/mol. The van der Waals surface area contributed by atoms with E-state index in [0.29, 0.717) is 0 Å². The summed E-state index contributed by atoms with van der Waals surface area (Å²) in [6, 6.07) is 3.46. The minimum Gasteiger partial charge on any atom is -0.502 e. The normalized spacial score (nSPS) is 10.2. The molecule has 0 spiro atoms. The summed E-state index contributed by atoms with van der Waals surface area (Å²) in [6.07, 6.45) is 0. The summed E-state index contributed by atoms with van der Waals surface area (Å²) >= 11 is 1.43. The lowest BCUT2D eigenvalue weighted by Gasteiger charge is -2.04. The van der Waals surface area contributed by atoms with Crippen molar-refractivity contribution >= 4 is 22.9 Å². The lowest BCUT2D eigenvalue weighted by Crippen LogP contribution is -2.22. The van der Waals surface area contributed by atoms with Gasteiger partial charge in [0.15, 0.2) is 5.75 Å². The van der Waals surface area contributed by atoms with Crippen LogP contribution >= 0.6 is 11.3 Å². The fraction of sp³-hybridized carbons (Fsp3) is 0.167. The summed E-state index contributed by atoms with van der Waals surface area (Å²) in [5.41, 5.74) is 0.603. The van der Waals surface area contributed by atoms with Crippen LogP contribution in [0.25, 0.3) is 0 Å². The number of aryl methyl sites for hydroxylation is 1. The Hall–Kier alpha value is -2.48. The largest absolute Gasteiger partial charge is 0.502 e. The molecule has 0 bridgehead atoms. The van der Waals surface area contributed by atoms with Gasteiger partial charge in [-0.15, -0.1) is 11.3 Å². The molecule has 2 N–H and O–H groups in total. The molecule has 0 saturated carbocycles. The highest BCUT2D eigenvalue weighted by Gasteiger charge is 2.16. The summed E-state index contributed by atoms with van der Waals surface area (Å²) in [5, 5.41) is 25.3. The van der Waals surface area contributed by atoms with Gasteiger partial charge in [0.05, 0.1) is 11.5 Å². The van der Waals surface area contributed by atoms with Gasteiger partial charge in [-0.2, -0.15) is 0 Å². The van der Waals surface area contributed by atoms with Gasteiger partial charge in [-0.05, 0) is 19.1 Å². The number of nitro groups is 1. The topological polar surface area (TPSA) is 105 Å². The molecule has 1 aromatic carbocycles. The molecular formula is C12H11N3O4S. The highest BCUT2D eigenvalue weighted by molar-refractivity contribution is 7.09. The molecule has 20 heavy (non-hydrogen) atoms. The first kappa shape index (κ1) is 13.9. The number of rotatable bonds is 4. The van der Waals surface area contributed by atoms with Gasteiger partial charge < -0.3 is 10.4 Å². The zero-order valence-corrected chi connectivity index (χ0v) is 11.3. The van der Waals surface area contributed by atoms with E-state index in [4.69, 9.17) is 0 Å². The predicted molar refractivity (Wildman–Crippen MR) is 72.8 cm³/mol. The van der Waals surface area contributed by atoms with E-state index in [0.717, 1.165) is 22.8 Å². The standard InChI is InChI=1S/C12H11N3O4S/c1-7-6-20-11(14-7)5-13-12(17)8-2-3-9(15(18)19)10(16)4-8/h2-4,6,16H,5H2,1H3,(H,13,17). The summed E-state index contributed by atoms with van der Waals surface area (Å²) in [7, 11) is 0. The molecule has 0 aliphatic carbocycles. The molecule has 104 valence electrons. The van der Waals surface area contributed by atoms with E-state index in [9.17, 15) is 20.0 Å². The Morgan fingerprint density at radius 1 is 1.55 bits per heavy atom. The third-order valence-corrected chi connectivity index (χ3v) is 3.47. The number of hydrogen-bond acceptors (Lipinski definition) is 6. The van der Waals surface area contributed by atoms with Gasteiger partial charge in [0, 0.05) is 22.7 Å². The SMILES string of the molecule is Cc1csc(CNC(=O)c2ccc([N+](=O)[O-])c(O)c2)n1. The van der Waals surface area contributed by atoms with Crippen molar-refractivity contribution in [3.05, 3.63) is 50.0 Å². The molecule has 0 saturated heterocycles. The Balaban J connectivity index is 2.06. The second kappa shape index (κ2) is 5.66. The number of phenols is 1. The van der Waals surface area contributed by atoms with Crippen LogP contribution in [0.2, 0.25) is 0 Å². The van der Waals surface area contributed by atoms with Gasteiger partial charge in [-0.1, -0.05) is 0 Å². The number of carbonyl (C=O) groups excluding carboxylic acids is 1. The highest BCUT2D eigenvalue weighted by Crippen LogP contribution is 2.26. The number of benzene rings is 1. The number of nitrogens with one attached hydrogen (secondary N) is 1. The quantitative estimate of drug-likeness (QED) is 0.662. The molecule has 2 aromatic rings. The minimum atomic E-state index is -0.713. The molecule has 1 heterocycles. The van der Waals surface area contributed by atoms with Crippen LogP contribution in [-0.4, -0.2) is 20.9 Å². The van der Waals surface area contributed by atoms with Crippen LogP contribution in [-0.2, 0) is 6.54 Å². The van der Waals surface area contributed by atoms with Crippen LogP contribution in [0.3, 0.4) is 0 Å². The number of aromatic nitrogens is 1. The molecule has 0 unspecified atom stereocenters. The smallest absolute Gasteiger partial charge is 0.310 e. The Morgan fingerprint density at radius 3 is 2.85 bits per heavy atom. The van der Waals surface area contributed by atoms with Crippen LogP contribution < -0.4 is 5.32 Å². The average Bonchev–Trinajstić information content (AvgIpc) is 2.81. The van der Waals surface area contributed by atoms with Crippen molar-refractivity contribution in [2.24, 2.45) is 0 Å². The Kier molecular flexibility index (Phi) is 3.94. The number of amides is 1. The fourth-order valence-corrected chi connectivity index (χ4v) is 2.27.